The zero-order chi connectivity index (χ0) is 19.7. The largest absolute Gasteiger partial charge is 0.374 e. The Balaban J connectivity index is 1.46. The van der Waals surface area contributed by atoms with Crippen LogP contribution >= 0.6 is 15.9 Å². The standard InChI is InChI=1S/C19H18BrN5O3/c20-11-8-14-15(24-19(28)23-14)9-13(11)22-17(26)10-21-12-4-1-2-5-16(12)25-7-3-6-18(25)27/h1-2,4-5,8-9,21H,3,6-7,10H2,(H,22,26)(H2,23,24,28). The summed E-state index contributed by atoms with van der Waals surface area (Å²) in [5.41, 5.74) is 3.02. The second kappa shape index (κ2) is 7.51. The zero-order valence-electron chi connectivity index (χ0n) is 14.8. The molecule has 1 aliphatic heterocycles. The molecule has 1 fully saturated rings. The first-order valence-corrected chi connectivity index (χ1v) is 9.65. The lowest BCUT2D eigenvalue weighted by Crippen LogP contribution is -2.26. The van der Waals surface area contributed by atoms with Crippen molar-refractivity contribution in [3.8, 4) is 0 Å². The highest BCUT2D eigenvalue weighted by Crippen LogP contribution is 2.29. The lowest BCUT2D eigenvalue weighted by molar-refractivity contribution is -0.117. The van der Waals surface area contributed by atoms with Gasteiger partial charge in [0.25, 0.3) is 0 Å². The van der Waals surface area contributed by atoms with Crippen molar-refractivity contribution in [3.05, 3.63) is 51.4 Å². The monoisotopic (exact) mass is 443 g/mol. The van der Waals surface area contributed by atoms with Crippen LogP contribution < -0.4 is 21.2 Å². The number of fused-ring (bicyclic) bond motifs is 1. The van der Waals surface area contributed by atoms with Gasteiger partial charge >= 0.3 is 5.69 Å². The van der Waals surface area contributed by atoms with Gasteiger partial charge in [-0.2, -0.15) is 0 Å². The van der Waals surface area contributed by atoms with Crippen LogP contribution in [0.5, 0.6) is 0 Å². The predicted octanol–water partition coefficient (Wildman–Crippen LogP) is 2.80. The Morgan fingerprint density at radius 1 is 1.11 bits per heavy atom. The molecular weight excluding hydrogens is 426 g/mol. The van der Waals surface area contributed by atoms with Crippen molar-refractivity contribution in [2.24, 2.45) is 0 Å². The van der Waals surface area contributed by atoms with Crippen LogP contribution in [0.15, 0.2) is 45.7 Å². The molecule has 2 aromatic carbocycles. The van der Waals surface area contributed by atoms with Gasteiger partial charge in [-0.15, -0.1) is 0 Å². The summed E-state index contributed by atoms with van der Waals surface area (Å²) in [5.74, 6) is -0.156. The molecule has 0 unspecified atom stereocenters. The van der Waals surface area contributed by atoms with Gasteiger partial charge in [0.05, 0.1) is 34.6 Å². The van der Waals surface area contributed by atoms with Crippen molar-refractivity contribution in [3.63, 3.8) is 0 Å². The molecule has 4 N–H and O–H groups in total. The van der Waals surface area contributed by atoms with Gasteiger partial charge in [0.1, 0.15) is 0 Å². The first-order chi connectivity index (χ1) is 13.5. The van der Waals surface area contributed by atoms with Crippen LogP contribution in [-0.4, -0.2) is 34.9 Å². The molecule has 0 atom stereocenters. The van der Waals surface area contributed by atoms with Crippen LogP contribution in [0, 0.1) is 0 Å². The SMILES string of the molecule is O=C(CNc1ccccc1N1CCCC1=O)Nc1cc2[nH]c(=O)[nH]c2cc1Br. The Morgan fingerprint density at radius 3 is 2.61 bits per heavy atom. The van der Waals surface area contributed by atoms with Crippen LogP contribution in [0.1, 0.15) is 12.8 Å². The number of rotatable bonds is 5. The number of carbonyl (C=O) groups is 2. The predicted molar refractivity (Wildman–Crippen MR) is 112 cm³/mol. The average molecular weight is 444 g/mol. The van der Waals surface area contributed by atoms with Crippen LogP contribution in [0.4, 0.5) is 17.1 Å². The fraction of sp³-hybridized carbons (Fsp3) is 0.211. The van der Waals surface area contributed by atoms with Crippen molar-refractivity contribution in [1.29, 1.82) is 0 Å². The molecule has 2 amide bonds. The van der Waals surface area contributed by atoms with Crippen molar-refractivity contribution in [1.82, 2.24) is 9.97 Å². The smallest absolute Gasteiger partial charge is 0.323 e. The number of halogens is 1. The number of amides is 2. The van der Waals surface area contributed by atoms with Gasteiger partial charge in [0, 0.05) is 17.4 Å². The molecule has 0 aliphatic carbocycles. The Kier molecular flexibility index (Phi) is 4.91. The Morgan fingerprint density at radius 2 is 1.86 bits per heavy atom. The third-order valence-electron chi connectivity index (χ3n) is 4.59. The van der Waals surface area contributed by atoms with E-state index in [2.05, 4.69) is 36.5 Å². The second-order valence-electron chi connectivity index (χ2n) is 6.52. The summed E-state index contributed by atoms with van der Waals surface area (Å²) >= 11 is 3.40. The highest BCUT2D eigenvalue weighted by atomic mass is 79.9. The molecule has 0 spiro atoms. The minimum absolute atomic E-state index is 0.0349. The molecular formula is C19H18BrN5O3. The number of anilines is 3. The van der Waals surface area contributed by atoms with Crippen molar-refractivity contribution in [2.75, 3.05) is 28.6 Å². The average Bonchev–Trinajstić information content (AvgIpc) is 3.25. The number of hydrogen-bond acceptors (Lipinski definition) is 4. The van der Waals surface area contributed by atoms with E-state index in [4.69, 9.17) is 0 Å². The van der Waals surface area contributed by atoms with Crippen LogP contribution in [0.25, 0.3) is 11.0 Å². The molecule has 144 valence electrons. The molecule has 1 saturated heterocycles. The van der Waals surface area contributed by atoms with Gasteiger partial charge in [-0.05, 0) is 46.6 Å². The molecule has 1 aliphatic rings. The maximum Gasteiger partial charge on any atom is 0.323 e. The fourth-order valence-electron chi connectivity index (χ4n) is 3.28. The number of hydrogen-bond donors (Lipinski definition) is 4. The van der Waals surface area contributed by atoms with E-state index < -0.39 is 0 Å². The highest BCUT2D eigenvalue weighted by Gasteiger charge is 2.23. The highest BCUT2D eigenvalue weighted by molar-refractivity contribution is 9.10. The number of carbonyl (C=O) groups excluding carboxylic acids is 2. The topological polar surface area (TPSA) is 110 Å². The quantitative estimate of drug-likeness (QED) is 0.485. The van der Waals surface area contributed by atoms with Gasteiger partial charge in [-0.1, -0.05) is 12.1 Å². The Bertz CT molecular complexity index is 1120. The number of benzene rings is 2. The lowest BCUT2D eigenvalue weighted by Gasteiger charge is -2.20. The van der Waals surface area contributed by atoms with Gasteiger partial charge in [0.15, 0.2) is 0 Å². The minimum atomic E-state index is -0.305. The summed E-state index contributed by atoms with van der Waals surface area (Å²) in [4.78, 5) is 42.9. The van der Waals surface area contributed by atoms with E-state index in [1.807, 2.05) is 24.3 Å². The first-order valence-electron chi connectivity index (χ1n) is 8.86. The van der Waals surface area contributed by atoms with Crippen LogP contribution in [0.2, 0.25) is 0 Å². The molecule has 4 rings (SSSR count). The molecule has 0 saturated carbocycles. The number of para-hydroxylation sites is 2. The molecule has 3 aromatic rings. The molecule has 0 radical (unpaired) electrons. The van der Waals surface area contributed by atoms with Gasteiger partial charge in [-0.3, -0.25) is 9.59 Å². The maximum atomic E-state index is 12.4. The van der Waals surface area contributed by atoms with Gasteiger partial charge in [0.2, 0.25) is 11.8 Å². The van der Waals surface area contributed by atoms with Crippen LogP contribution in [-0.2, 0) is 9.59 Å². The first kappa shape index (κ1) is 18.3. The summed E-state index contributed by atoms with van der Waals surface area (Å²) in [5, 5.41) is 5.92. The summed E-state index contributed by atoms with van der Waals surface area (Å²) in [6, 6.07) is 10.9. The van der Waals surface area contributed by atoms with Crippen molar-refractivity contribution in [2.45, 2.75) is 12.8 Å². The van der Waals surface area contributed by atoms with E-state index in [1.165, 1.54) is 0 Å². The lowest BCUT2D eigenvalue weighted by atomic mass is 10.2. The van der Waals surface area contributed by atoms with Gasteiger partial charge < -0.3 is 25.5 Å². The Hall–Kier alpha value is -3.07. The fourth-order valence-corrected chi connectivity index (χ4v) is 3.73. The summed E-state index contributed by atoms with van der Waals surface area (Å²) in [6.07, 6.45) is 1.39. The normalized spacial score (nSPS) is 13.9. The second-order valence-corrected chi connectivity index (χ2v) is 7.38. The number of nitrogens with one attached hydrogen (secondary N) is 4. The third-order valence-corrected chi connectivity index (χ3v) is 5.24. The van der Waals surface area contributed by atoms with E-state index in [0.717, 1.165) is 17.8 Å². The molecule has 28 heavy (non-hydrogen) atoms. The Labute approximate surface area is 168 Å². The molecule has 8 nitrogen and oxygen atoms in total. The van der Waals surface area contributed by atoms with E-state index in [-0.39, 0.29) is 24.0 Å². The number of aromatic amines is 2. The summed E-state index contributed by atoms with van der Waals surface area (Å²) in [7, 11) is 0. The van der Waals surface area contributed by atoms with Crippen molar-refractivity contribution >= 4 is 55.8 Å². The summed E-state index contributed by atoms with van der Waals surface area (Å²) < 4.78 is 0.659. The third kappa shape index (κ3) is 3.65. The molecule has 2 heterocycles. The molecule has 9 heteroatoms. The number of nitrogens with zero attached hydrogens (tertiary/aromatic N) is 1. The minimum Gasteiger partial charge on any atom is -0.374 e. The maximum absolute atomic E-state index is 12.4. The van der Waals surface area contributed by atoms with Crippen LogP contribution in [0.3, 0.4) is 0 Å². The number of aromatic nitrogens is 2. The summed E-state index contributed by atoms with van der Waals surface area (Å²) in [6.45, 7) is 0.721. The molecule has 1 aromatic heterocycles. The van der Waals surface area contributed by atoms with Crippen molar-refractivity contribution < 1.29 is 9.59 Å². The van der Waals surface area contributed by atoms with E-state index in [0.29, 0.717) is 34.2 Å². The van der Waals surface area contributed by atoms with E-state index >= 15 is 0 Å². The zero-order valence-corrected chi connectivity index (χ0v) is 16.4. The van der Waals surface area contributed by atoms with Gasteiger partial charge in [-0.25, -0.2) is 4.79 Å². The van der Waals surface area contributed by atoms with E-state index in [1.54, 1.807) is 17.0 Å². The number of imidazole rings is 1. The number of H-pyrrole nitrogens is 2. The molecule has 0 bridgehead atoms. The van der Waals surface area contributed by atoms with E-state index in [9.17, 15) is 14.4 Å².